The smallest absolute Gasteiger partial charge is 0.269 e. The molecule has 98 valence electrons. The fourth-order valence-corrected chi connectivity index (χ4v) is 1.67. The Hall–Kier alpha value is -2.47. The molecule has 19 heavy (non-hydrogen) atoms. The van der Waals surface area contributed by atoms with Crippen molar-refractivity contribution in [1.29, 1.82) is 0 Å². The van der Waals surface area contributed by atoms with Gasteiger partial charge in [-0.15, -0.1) is 0 Å². The topological polar surface area (TPSA) is 79.3 Å². The van der Waals surface area contributed by atoms with Crippen LogP contribution in [-0.2, 0) is 6.54 Å². The molecule has 0 radical (unpaired) electrons. The second-order valence-electron chi connectivity index (χ2n) is 4.04. The number of aliphatic hydroxyl groups is 1. The van der Waals surface area contributed by atoms with Crippen molar-refractivity contribution >= 4 is 11.4 Å². The minimum Gasteiger partial charge on any atom is -0.368 e. The van der Waals surface area contributed by atoms with Gasteiger partial charge >= 0.3 is 0 Å². The van der Waals surface area contributed by atoms with Crippen molar-refractivity contribution in [3.8, 4) is 0 Å². The summed E-state index contributed by atoms with van der Waals surface area (Å²) in [5.41, 5.74) is 0.659. The van der Waals surface area contributed by atoms with E-state index < -0.39 is 11.2 Å². The number of nitrogens with zero attached hydrogens (tertiary/aromatic N) is 2. The predicted octanol–water partition coefficient (Wildman–Crippen LogP) is 1.31. The lowest BCUT2D eigenvalue weighted by atomic mass is 10.3. The number of aliphatic hydroxyl groups excluding tert-OH is 1. The Morgan fingerprint density at radius 3 is 2.42 bits per heavy atom. The predicted molar refractivity (Wildman–Crippen MR) is 69.4 cm³/mol. The molecule has 1 atom stereocenters. The molecule has 0 fully saturated rings. The van der Waals surface area contributed by atoms with Crippen molar-refractivity contribution in [3.63, 3.8) is 0 Å². The summed E-state index contributed by atoms with van der Waals surface area (Å²) >= 11 is 0. The lowest BCUT2D eigenvalue weighted by Gasteiger charge is -2.10. The summed E-state index contributed by atoms with van der Waals surface area (Å²) in [6, 6.07) is 11.6. The highest BCUT2D eigenvalue weighted by Crippen LogP contribution is 2.15. The molecule has 0 spiro atoms. The third-order valence-corrected chi connectivity index (χ3v) is 2.57. The number of hydrogen-bond donors (Lipinski definition) is 2. The lowest BCUT2D eigenvalue weighted by Crippen LogP contribution is -2.42. The zero-order valence-electron chi connectivity index (χ0n) is 10.1. The van der Waals surface area contributed by atoms with Gasteiger partial charge in [0.2, 0.25) is 0 Å². The first-order chi connectivity index (χ1) is 9.15. The maximum atomic E-state index is 10.5. The molecule has 2 aromatic rings. The van der Waals surface area contributed by atoms with Crippen LogP contribution in [0.5, 0.6) is 0 Å². The molecule has 1 aromatic carbocycles. The van der Waals surface area contributed by atoms with Gasteiger partial charge in [0, 0.05) is 30.0 Å². The molecule has 0 aliphatic heterocycles. The van der Waals surface area contributed by atoms with Crippen LogP contribution >= 0.6 is 0 Å². The number of benzene rings is 1. The fourth-order valence-electron chi connectivity index (χ4n) is 1.67. The van der Waals surface area contributed by atoms with Crippen molar-refractivity contribution in [3.05, 3.63) is 65.0 Å². The van der Waals surface area contributed by atoms with E-state index in [1.54, 1.807) is 12.1 Å². The fraction of sp³-hybridized carbons (Fsp3) is 0.154. The summed E-state index contributed by atoms with van der Waals surface area (Å²) < 4.78 is 1.84. The van der Waals surface area contributed by atoms with Crippen LogP contribution < -0.4 is 9.88 Å². The number of nitrogens with one attached hydrogen (secondary N) is 1. The standard InChI is InChI=1S/C13H14N3O3/c17-13(10-15-8-2-1-3-9-15)14-11-4-6-12(7-5-11)16(18)19/h1-9,13-14,17H,10H2/q+1. The number of pyridine rings is 1. The van der Waals surface area contributed by atoms with E-state index in [4.69, 9.17) is 0 Å². The minimum absolute atomic E-state index is 0.0254. The van der Waals surface area contributed by atoms with Gasteiger partial charge in [-0.3, -0.25) is 10.1 Å². The molecular formula is C13H14N3O3+. The number of aromatic nitrogens is 1. The van der Waals surface area contributed by atoms with Crippen molar-refractivity contribution < 1.29 is 14.6 Å². The number of nitro benzene ring substituents is 1. The first-order valence-corrected chi connectivity index (χ1v) is 5.78. The molecule has 0 bridgehead atoms. The molecule has 1 aromatic heterocycles. The van der Waals surface area contributed by atoms with Gasteiger partial charge in [-0.05, 0) is 12.1 Å². The van der Waals surface area contributed by atoms with Crippen molar-refractivity contribution in [2.75, 3.05) is 5.32 Å². The van der Waals surface area contributed by atoms with Gasteiger partial charge < -0.3 is 10.4 Å². The van der Waals surface area contributed by atoms with Crippen LogP contribution in [0.1, 0.15) is 0 Å². The normalized spacial score (nSPS) is 11.8. The molecule has 1 heterocycles. The van der Waals surface area contributed by atoms with Crippen molar-refractivity contribution in [2.24, 2.45) is 0 Å². The maximum absolute atomic E-state index is 10.5. The van der Waals surface area contributed by atoms with Crippen molar-refractivity contribution in [1.82, 2.24) is 0 Å². The van der Waals surface area contributed by atoms with Crippen LogP contribution in [0, 0.1) is 10.1 Å². The maximum Gasteiger partial charge on any atom is 0.269 e. The van der Waals surface area contributed by atoms with Crippen LogP contribution in [-0.4, -0.2) is 16.3 Å². The number of nitro groups is 1. The SMILES string of the molecule is O=[N+]([O-])c1ccc(NC(O)C[n+]2ccccc2)cc1. The molecule has 0 aliphatic carbocycles. The minimum atomic E-state index is -0.770. The number of rotatable bonds is 5. The average Bonchev–Trinajstić information content (AvgIpc) is 2.40. The highest BCUT2D eigenvalue weighted by Gasteiger charge is 2.11. The lowest BCUT2D eigenvalue weighted by molar-refractivity contribution is -0.702. The quantitative estimate of drug-likeness (QED) is 0.368. The zero-order valence-corrected chi connectivity index (χ0v) is 10.1. The van der Waals surface area contributed by atoms with E-state index in [0.717, 1.165) is 0 Å². The summed E-state index contributed by atoms with van der Waals surface area (Å²) in [6.45, 7) is 0.387. The van der Waals surface area contributed by atoms with E-state index in [1.165, 1.54) is 12.1 Å². The Labute approximate surface area is 110 Å². The Balaban J connectivity index is 1.95. The van der Waals surface area contributed by atoms with E-state index in [1.807, 2.05) is 35.2 Å². The summed E-state index contributed by atoms with van der Waals surface area (Å²) in [5.74, 6) is 0. The zero-order chi connectivity index (χ0) is 13.7. The van der Waals surface area contributed by atoms with Crippen LogP contribution in [0.4, 0.5) is 11.4 Å². The molecule has 1 unspecified atom stereocenters. The molecule has 0 aliphatic rings. The van der Waals surface area contributed by atoms with Gasteiger partial charge in [0.15, 0.2) is 25.2 Å². The highest BCUT2D eigenvalue weighted by atomic mass is 16.6. The Kier molecular flexibility index (Phi) is 4.04. The van der Waals surface area contributed by atoms with E-state index >= 15 is 0 Å². The highest BCUT2D eigenvalue weighted by molar-refractivity contribution is 5.48. The average molecular weight is 260 g/mol. The van der Waals surface area contributed by atoms with E-state index in [0.29, 0.717) is 12.2 Å². The van der Waals surface area contributed by atoms with Gasteiger partial charge in [-0.25, -0.2) is 4.57 Å². The second-order valence-corrected chi connectivity index (χ2v) is 4.04. The van der Waals surface area contributed by atoms with Gasteiger partial charge in [-0.1, -0.05) is 6.07 Å². The summed E-state index contributed by atoms with van der Waals surface area (Å²) in [4.78, 5) is 10.0. The third-order valence-electron chi connectivity index (χ3n) is 2.57. The summed E-state index contributed by atoms with van der Waals surface area (Å²) in [5, 5.41) is 23.2. The molecule has 0 saturated heterocycles. The third kappa shape index (κ3) is 3.75. The van der Waals surface area contributed by atoms with E-state index in [2.05, 4.69) is 5.32 Å². The molecule has 2 N–H and O–H groups in total. The van der Waals surface area contributed by atoms with E-state index in [9.17, 15) is 15.2 Å². The van der Waals surface area contributed by atoms with Crippen LogP contribution in [0.3, 0.4) is 0 Å². The van der Waals surface area contributed by atoms with Crippen LogP contribution in [0.2, 0.25) is 0 Å². The molecule has 6 nitrogen and oxygen atoms in total. The summed E-state index contributed by atoms with van der Waals surface area (Å²) in [7, 11) is 0. The first-order valence-electron chi connectivity index (χ1n) is 5.78. The first kappa shape index (κ1) is 13.0. The molecule has 2 rings (SSSR count). The number of hydrogen-bond acceptors (Lipinski definition) is 4. The van der Waals surface area contributed by atoms with Crippen LogP contribution in [0.25, 0.3) is 0 Å². The van der Waals surface area contributed by atoms with Crippen molar-refractivity contribution in [2.45, 2.75) is 12.8 Å². The monoisotopic (exact) mass is 260 g/mol. The Morgan fingerprint density at radius 1 is 1.21 bits per heavy atom. The number of anilines is 1. The van der Waals surface area contributed by atoms with Gasteiger partial charge in [-0.2, -0.15) is 0 Å². The van der Waals surface area contributed by atoms with Gasteiger partial charge in [0.05, 0.1) is 4.92 Å². The van der Waals surface area contributed by atoms with Gasteiger partial charge in [0.25, 0.3) is 5.69 Å². The molecule has 0 saturated carbocycles. The van der Waals surface area contributed by atoms with Gasteiger partial charge in [0.1, 0.15) is 0 Å². The van der Waals surface area contributed by atoms with E-state index in [-0.39, 0.29) is 5.69 Å². The largest absolute Gasteiger partial charge is 0.368 e. The van der Waals surface area contributed by atoms with Crippen LogP contribution in [0.15, 0.2) is 54.9 Å². The molecule has 6 heteroatoms. The second kappa shape index (κ2) is 5.92. The Morgan fingerprint density at radius 2 is 1.84 bits per heavy atom. The molecular weight excluding hydrogens is 246 g/mol. The molecule has 0 amide bonds. The summed E-state index contributed by atoms with van der Waals surface area (Å²) in [6.07, 6.45) is 2.93. The number of non-ortho nitro benzene ring substituents is 1. The Bertz CT molecular complexity index is 543.